The van der Waals surface area contributed by atoms with Crippen molar-refractivity contribution in [1.82, 2.24) is 0 Å². The molecule has 1 aromatic rings. The van der Waals surface area contributed by atoms with Crippen LogP contribution in [0.2, 0.25) is 0 Å². The van der Waals surface area contributed by atoms with Gasteiger partial charge in [0.2, 0.25) is 0 Å². The zero-order chi connectivity index (χ0) is 16.5. The summed E-state index contributed by atoms with van der Waals surface area (Å²) < 4.78 is 15.5. The van der Waals surface area contributed by atoms with E-state index >= 15 is 0 Å². The van der Waals surface area contributed by atoms with Crippen LogP contribution in [0.15, 0.2) is 18.2 Å². The Balaban J connectivity index is 2.88. The molecular formula is C17H27NO4. The molecule has 0 saturated carbocycles. The molecule has 1 rings (SSSR count). The van der Waals surface area contributed by atoms with Crippen molar-refractivity contribution in [3.63, 3.8) is 0 Å². The molecule has 0 aromatic heterocycles. The topological polar surface area (TPSA) is 70.8 Å². The van der Waals surface area contributed by atoms with Gasteiger partial charge in [0.15, 0.2) is 0 Å². The molecule has 0 aliphatic rings. The van der Waals surface area contributed by atoms with Crippen molar-refractivity contribution in [3.05, 3.63) is 29.3 Å². The Labute approximate surface area is 132 Å². The maximum absolute atomic E-state index is 11.8. The van der Waals surface area contributed by atoms with Crippen molar-refractivity contribution >= 4 is 5.97 Å². The normalized spacial score (nSPS) is 12.3. The van der Waals surface area contributed by atoms with Crippen molar-refractivity contribution in [2.75, 3.05) is 27.4 Å². The first-order chi connectivity index (χ1) is 10.5. The number of hydrogen-bond donors (Lipinski definition) is 1. The maximum atomic E-state index is 11.8. The third-order valence-electron chi connectivity index (χ3n) is 3.53. The predicted octanol–water partition coefficient (Wildman–Crippen LogP) is 2.41. The predicted molar refractivity (Wildman–Crippen MR) is 86.3 cm³/mol. The highest BCUT2D eigenvalue weighted by molar-refractivity contribution is 5.92. The molecule has 2 N–H and O–H groups in total. The Bertz CT molecular complexity index is 474. The molecule has 0 fully saturated rings. The summed E-state index contributed by atoms with van der Waals surface area (Å²) >= 11 is 0. The van der Waals surface area contributed by atoms with E-state index in [0.29, 0.717) is 30.4 Å². The Hall–Kier alpha value is -1.59. The van der Waals surface area contributed by atoms with E-state index in [1.807, 2.05) is 12.1 Å². The number of esters is 1. The highest BCUT2D eigenvalue weighted by Crippen LogP contribution is 2.23. The second kappa shape index (κ2) is 9.43. The summed E-state index contributed by atoms with van der Waals surface area (Å²) in [7, 11) is 3.01. The molecular weight excluding hydrogens is 282 g/mol. The standard InChI is InChI=1S/C17H27NO4/c1-12(2)15(18)10-13-6-7-14(17(19)21-4)16(11-13)22-9-5-8-20-3/h6-7,11-12,15H,5,8-10,18H2,1-4H3. The minimum Gasteiger partial charge on any atom is -0.493 e. The van der Waals surface area contributed by atoms with Crippen LogP contribution >= 0.6 is 0 Å². The number of ether oxygens (including phenoxy) is 3. The van der Waals surface area contributed by atoms with Crippen LogP contribution in [0.25, 0.3) is 0 Å². The first kappa shape index (κ1) is 18.5. The van der Waals surface area contributed by atoms with Crippen LogP contribution in [-0.2, 0) is 15.9 Å². The van der Waals surface area contributed by atoms with E-state index < -0.39 is 5.97 Å². The molecule has 22 heavy (non-hydrogen) atoms. The Morgan fingerprint density at radius 1 is 1.23 bits per heavy atom. The minimum atomic E-state index is -0.401. The van der Waals surface area contributed by atoms with Gasteiger partial charge >= 0.3 is 5.97 Å². The molecule has 0 aliphatic heterocycles. The molecule has 0 heterocycles. The molecule has 5 heteroatoms. The molecule has 0 saturated heterocycles. The SMILES string of the molecule is COCCCOc1cc(CC(N)C(C)C)ccc1C(=O)OC. The summed E-state index contributed by atoms with van der Waals surface area (Å²) in [5.74, 6) is 0.532. The van der Waals surface area contributed by atoms with Crippen LogP contribution in [-0.4, -0.2) is 39.4 Å². The number of carbonyl (C=O) groups excluding carboxylic acids is 1. The number of benzene rings is 1. The van der Waals surface area contributed by atoms with Gasteiger partial charge in [-0.05, 0) is 30.0 Å². The number of rotatable bonds is 9. The van der Waals surface area contributed by atoms with Crippen LogP contribution < -0.4 is 10.5 Å². The van der Waals surface area contributed by atoms with E-state index in [-0.39, 0.29) is 6.04 Å². The summed E-state index contributed by atoms with van der Waals surface area (Å²) in [4.78, 5) is 11.8. The van der Waals surface area contributed by atoms with Crippen LogP contribution in [0.3, 0.4) is 0 Å². The van der Waals surface area contributed by atoms with Gasteiger partial charge in [0.1, 0.15) is 11.3 Å². The molecule has 0 amide bonds. The van der Waals surface area contributed by atoms with E-state index in [1.54, 1.807) is 13.2 Å². The molecule has 5 nitrogen and oxygen atoms in total. The van der Waals surface area contributed by atoms with E-state index in [1.165, 1.54) is 7.11 Å². The molecule has 1 unspecified atom stereocenters. The summed E-state index contributed by atoms with van der Waals surface area (Å²) in [6.45, 7) is 5.29. The smallest absolute Gasteiger partial charge is 0.341 e. The van der Waals surface area contributed by atoms with E-state index in [4.69, 9.17) is 19.9 Å². The first-order valence-corrected chi connectivity index (χ1v) is 7.58. The van der Waals surface area contributed by atoms with Crippen molar-refractivity contribution in [2.45, 2.75) is 32.7 Å². The van der Waals surface area contributed by atoms with Crippen molar-refractivity contribution in [3.8, 4) is 5.75 Å². The van der Waals surface area contributed by atoms with Gasteiger partial charge in [-0.2, -0.15) is 0 Å². The zero-order valence-corrected chi connectivity index (χ0v) is 13.9. The fourth-order valence-corrected chi connectivity index (χ4v) is 1.98. The molecule has 1 atom stereocenters. The van der Waals surface area contributed by atoms with Crippen LogP contribution in [0, 0.1) is 5.92 Å². The quantitative estimate of drug-likeness (QED) is 0.560. The number of nitrogens with two attached hydrogens (primary N) is 1. The molecule has 0 spiro atoms. The molecule has 0 aliphatic carbocycles. The zero-order valence-electron chi connectivity index (χ0n) is 13.9. The minimum absolute atomic E-state index is 0.0744. The molecule has 124 valence electrons. The van der Waals surface area contributed by atoms with Crippen LogP contribution in [0.4, 0.5) is 0 Å². The highest BCUT2D eigenvalue weighted by atomic mass is 16.5. The second-order valence-electron chi connectivity index (χ2n) is 5.63. The van der Waals surface area contributed by atoms with Gasteiger partial charge in [0.05, 0.1) is 13.7 Å². The summed E-state index contributed by atoms with van der Waals surface area (Å²) in [5.41, 5.74) is 7.60. The van der Waals surface area contributed by atoms with Crippen molar-refractivity contribution in [1.29, 1.82) is 0 Å². The van der Waals surface area contributed by atoms with Crippen LogP contribution in [0.1, 0.15) is 36.2 Å². The van der Waals surface area contributed by atoms with E-state index in [2.05, 4.69) is 13.8 Å². The second-order valence-corrected chi connectivity index (χ2v) is 5.63. The Kier molecular flexibility index (Phi) is 7.91. The van der Waals surface area contributed by atoms with Gasteiger partial charge in [0, 0.05) is 26.2 Å². The lowest BCUT2D eigenvalue weighted by molar-refractivity contribution is 0.0595. The summed E-state index contributed by atoms with van der Waals surface area (Å²) in [6.07, 6.45) is 1.50. The van der Waals surface area contributed by atoms with Gasteiger partial charge < -0.3 is 19.9 Å². The summed E-state index contributed by atoms with van der Waals surface area (Å²) in [6, 6.07) is 5.59. The number of carbonyl (C=O) groups is 1. The third kappa shape index (κ3) is 5.66. The van der Waals surface area contributed by atoms with Gasteiger partial charge in [-0.3, -0.25) is 0 Å². The lowest BCUT2D eigenvalue weighted by atomic mass is 9.96. The Morgan fingerprint density at radius 2 is 1.95 bits per heavy atom. The maximum Gasteiger partial charge on any atom is 0.341 e. The highest BCUT2D eigenvalue weighted by Gasteiger charge is 2.16. The molecule has 0 bridgehead atoms. The van der Waals surface area contributed by atoms with E-state index in [0.717, 1.165) is 18.4 Å². The first-order valence-electron chi connectivity index (χ1n) is 7.58. The fraction of sp³-hybridized carbons (Fsp3) is 0.588. The average molecular weight is 309 g/mol. The van der Waals surface area contributed by atoms with Crippen LogP contribution in [0.5, 0.6) is 5.75 Å². The van der Waals surface area contributed by atoms with Gasteiger partial charge in [-0.25, -0.2) is 4.79 Å². The van der Waals surface area contributed by atoms with E-state index in [9.17, 15) is 4.79 Å². The number of hydrogen-bond acceptors (Lipinski definition) is 5. The van der Waals surface area contributed by atoms with Gasteiger partial charge in [-0.1, -0.05) is 19.9 Å². The number of methoxy groups -OCH3 is 2. The Morgan fingerprint density at radius 3 is 2.55 bits per heavy atom. The molecule has 1 aromatic carbocycles. The third-order valence-corrected chi connectivity index (χ3v) is 3.53. The van der Waals surface area contributed by atoms with Crippen molar-refractivity contribution in [2.24, 2.45) is 11.7 Å². The largest absolute Gasteiger partial charge is 0.493 e. The lowest BCUT2D eigenvalue weighted by Crippen LogP contribution is -2.28. The molecule has 0 radical (unpaired) electrons. The lowest BCUT2D eigenvalue weighted by Gasteiger charge is -2.17. The summed E-state index contributed by atoms with van der Waals surface area (Å²) in [5, 5.41) is 0. The average Bonchev–Trinajstić information content (AvgIpc) is 2.51. The van der Waals surface area contributed by atoms with Gasteiger partial charge in [0.25, 0.3) is 0 Å². The fourth-order valence-electron chi connectivity index (χ4n) is 1.98. The van der Waals surface area contributed by atoms with Crippen molar-refractivity contribution < 1.29 is 19.0 Å². The monoisotopic (exact) mass is 309 g/mol. The van der Waals surface area contributed by atoms with Gasteiger partial charge in [-0.15, -0.1) is 0 Å².